The van der Waals surface area contributed by atoms with Gasteiger partial charge in [-0.2, -0.15) is 0 Å². The first-order valence-electron chi connectivity index (χ1n) is 9.84. The third-order valence-corrected chi connectivity index (χ3v) is 5.91. The molecule has 1 aliphatic heterocycles. The molecule has 1 aromatic heterocycles. The fraction of sp³-hybridized carbons (Fsp3) is 0.160. The van der Waals surface area contributed by atoms with Gasteiger partial charge in [-0.05, 0) is 73.4 Å². The lowest BCUT2D eigenvalue weighted by atomic mass is 9.94. The van der Waals surface area contributed by atoms with Gasteiger partial charge < -0.3 is 5.11 Å². The lowest BCUT2D eigenvalue weighted by Gasteiger charge is -2.27. The smallest absolute Gasteiger partial charge is 0.300 e. The molecule has 1 amide bonds. The topological polar surface area (TPSA) is 70.5 Å². The zero-order valence-electron chi connectivity index (χ0n) is 17.4. The van der Waals surface area contributed by atoms with Crippen LogP contribution >= 0.6 is 11.6 Å². The molecule has 0 radical (unpaired) electrons. The Labute approximate surface area is 185 Å². The Morgan fingerprint density at radius 2 is 1.61 bits per heavy atom. The summed E-state index contributed by atoms with van der Waals surface area (Å²) in [6.07, 6.45) is 3.19. The first kappa shape index (κ1) is 20.8. The molecule has 0 bridgehead atoms. The average Bonchev–Trinajstić information content (AvgIpc) is 3.02. The second-order valence-corrected chi connectivity index (χ2v) is 8.12. The van der Waals surface area contributed by atoms with E-state index < -0.39 is 17.7 Å². The van der Waals surface area contributed by atoms with E-state index in [9.17, 15) is 14.7 Å². The van der Waals surface area contributed by atoms with Gasteiger partial charge in [0.25, 0.3) is 11.7 Å². The predicted octanol–water partition coefficient (Wildman–Crippen LogP) is 5.29. The summed E-state index contributed by atoms with van der Waals surface area (Å²) in [5, 5.41) is 11.6. The largest absolute Gasteiger partial charge is 0.507 e. The van der Waals surface area contributed by atoms with E-state index in [1.807, 2.05) is 32.9 Å². The molecule has 1 N–H and O–H groups in total. The van der Waals surface area contributed by atoms with Crippen molar-refractivity contribution in [2.24, 2.45) is 0 Å². The number of anilines is 1. The number of carbonyl (C=O) groups is 2. The Morgan fingerprint density at radius 1 is 0.935 bits per heavy atom. The molecule has 1 unspecified atom stereocenters. The number of aryl methyl sites for hydroxylation is 3. The molecule has 1 saturated heterocycles. The molecule has 0 spiro atoms. The van der Waals surface area contributed by atoms with E-state index in [-0.39, 0.29) is 11.3 Å². The summed E-state index contributed by atoms with van der Waals surface area (Å²) in [6, 6.07) is 13.3. The molecule has 5 nitrogen and oxygen atoms in total. The molecule has 31 heavy (non-hydrogen) atoms. The fourth-order valence-corrected chi connectivity index (χ4v) is 3.99. The van der Waals surface area contributed by atoms with Crippen LogP contribution in [0.4, 0.5) is 5.69 Å². The number of amides is 1. The van der Waals surface area contributed by atoms with Crippen molar-refractivity contribution in [3.05, 3.63) is 99.3 Å². The van der Waals surface area contributed by atoms with Crippen molar-refractivity contribution in [1.82, 2.24) is 4.98 Å². The van der Waals surface area contributed by atoms with Gasteiger partial charge in [-0.15, -0.1) is 0 Å². The molecule has 3 aromatic rings. The van der Waals surface area contributed by atoms with Crippen molar-refractivity contribution >= 4 is 34.7 Å². The maximum atomic E-state index is 13.2. The van der Waals surface area contributed by atoms with Crippen LogP contribution in [-0.4, -0.2) is 21.8 Å². The fourth-order valence-electron chi connectivity index (χ4n) is 3.83. The van der Waals surface area contributed by atoms with Crippen LogP contribution in [0.5, 0.6) is 0 Å². The van der Waals surface area contributed by atoms with Crippen molar-refractivity contribution in [2.45, 2.75) is 26.8 Å². The molecule has 2 aromatic carbocycles. The highest BCUT2D eigenvalue weighted by atomic mass is 35.5. The summed E-state index contributed by atoms with van der Waals surface area (Å²) in [5.41, 5.74) is 4.55. The summed E-state index contributed by atoms with van der Waals surface area (Å²) in [7, 11) is 0. The van der Waals surface area contributed by atoms with E-state index in [0.29, 0.717) is 21.8 Å². The standard InChI is InChI=1S/C25H21ClN2O3/c1-14-4-6-18(12-16(14)3)23(29)21-22(17-8-10-27-11-9-17)28(25(31)24(21)30)20-13-19(26)7-5-15(20)2/h4-13,22,29H,1-3H3/b23-21+. The van der Waals surface area contributed by atoms with E-state index in [1.54, 1.807) is 48.8 Å². The van der Waals surface area contributed by atoms with Gasteiger partial charge in [-0.1, -0.05) is 29.8 Å². The molecule has 1 aliphatic rings. The highest BCUT2D eigenvalue weighted by Gasteiger charge is 2.47. The van der Waals surface area contributed by atoms with Crippen LogP contribution in [0.15, 0.2) is 66.5 Å². The highest BCUT2D eigenvalue weighted by Crippen LogP contribution is 2.43. The molecule has 1 atom stereocenters. The van der Waals surface area contributed by atoms with E-state index >= 15 is 0 Å². The van der Waals surface area contributed by atoms with Crippen molar-refractivity contribution < 1.29 is 14.7 Å². The second kappa shape index (κ2) is 8.00. The van der Waals surface area contributed by atoms with Gasteiger partial charge in [0.15, 0.2) is 0 Å². The number of carbonyl (C=O) groups excluding carboxylic acids is 2. The Bertz CT molecular complexity index is 1230. The molecule has 4 rings (SSSR count). The number of pyridine rings is 1. The number of aliphatic hydroxyl groups excluding tert-OH is 1. The summed E-state index contributed by atoms with van der Waals surface area (Å²) in [4.78, 5) is 31.8. The molecule has 156 valence electrons. The van der Waals surface area contributed by atoms with Crippen LogP contribution in [0.1, 0.15) is 33.9 Å². The number of hydrogen-bond acceptors (Lipinski definition) is 4. The Hall–Kier alpha value is -3.44. The lowest BCUT2D eigenvalue weighted by molar-refractivity contribution is -0.132. The molecule has 1 fully saturated rings. The van der Waals surface area contributed by atoms with Crippen LogP contribution in [0, 0.1) is 20.8 Å². The Kier molecular flexibility index (Phi) is 5.38. The van der Waals surface area contributed by atoms with Crippen molar-refractivity contribution in [2.75, 3.05) is 4.90 Å². The van der Waals surface area contributed by atoms with Gasteiger partial charge >= 0.3 is 0 Å². The zero-order valence-corrected chi connectivity index (χ0v) is 18.1. The van der Waals surface area contributed by atoms with E-state index in [4.69, 9.17) is 11.6 Å². The van der Waals surface area contributed by atoms with Crippen LogP contribution in [-0.2, 0) is 9.59 Å². The summed E-state index contributed by atoms with van der Waals surface area (Å²) < 4.78 is 0. The number of ketones is 1. The van der Waals surface area contributed by atoms with Gasteiger partial charge in [0.2, 0.25) is 0 Å². The normalized spacial score (nSPS) is 17.9. The molecule has 0 aliphatic carbocycles. The number of benzene rings is 2. The number of nitrogens with zero attached hydrogens (tertiary/aromatic N) is 2. The molecule has 2 heterocycles. The zero-order chi connectivity index (χ0) is 22.3. The second-order valence-electron chi connectivity index (χ2n) is 7.68. The van der Waals surface area contributed by atoms with Gasteiger partial charge in [-0.3, -0.25) is 19.5 Å². The van der Waals surface area contributed by atoms with Crippen LogP contribution in [0.2, 0.25) is 5.02 Å². The monoisotopic (exact) mass is 432 g/mol. The maximum Gasteiger partial charge on any atom is 0.300 e. The van der Waals surface area contributed by atoms with Gasteiger partial charge in [-0.25, -0.2) is 0 Å². The van der Waals surface area contributed by atoms with Crippen molar-refractivity contribution in [1.29, 1.82) is 0 Å². The first-order chi connectivity index (χ1) is 14.8. The molecule has 6 heteroatoms. The minimum Gasteiger partial charge on any atom is -0.507 e. The van der Waals surface area contributed by atoms with Crippen LogP contribution in [0.25, 0.3) is 5.76 Å². The van der Waals surface area contributed by atoms with Crippen LogP contribution in [0.3, 0.4) is 0 Å². The summed E-state index contributed by atoms with van der Waals surface area (Å²) in [6.45, 7) is 5.75. The summed E-state index contributed by atoms with van der Waals surface area (Å²) >= 11 is 6.21. The Balaban J connectivity index is 1.98. The number of aromatic nitrogens is 1. The van der Waals surface area contributed by atoms with Gasteiger partial charge in [0.1, 0.15) is 5.76 Å². The SMILES string of the molecule is Cc1ccc(/C(O)=C2\C(=O)C(=O)N(c3cc(Cl)ccc3C)C2c2ccncc2)cc1C. The molecular weight excluding hydrogens is 412 g/mol. The maximum absolute atomic E-state index is 13.2. The third-order valence-electron chi connectivity index (χ3n) is 5.68. The number of rotatable bonds is 3. The van der Waals surface area contributed by atoms with Crippen molar-refractivity contribution in [3.63, 3.8) is 0 Å². The van der Waals surface area contributed by atoms with Gasteiger partial charge in [0, 0.05) is 28.7 Å². The quantitative estimate of drug-likeness (QED) is 0.347. The van der Waals surface area contributed by atoms with E-state index in [0.717, 1.165) is 16.7 Å². The highest BCUT2D eigenvalue weighted by molar-refractivity contribution is 6.52. The predicted molar refractivity (Wildman–Crippen MR) is 121 cm³/mol. The minimum absolute atomic E-state index is 0.0406. The Morgan fingerprint density at radius 3 is 2.29 bits per heavy atom. The van der Waals surface area contributed by atoms with Crippen LogP contribution < -0.4 is 4.90 Å². The number of halogens is 1. The number of aliphatic hydroxyl groups is 1. The average molecular weight is 433 g/mol. The van der Waals surface area contributed by atoms with E-state index in [2.05, 4.69) is 4.98 Å². The van der Waals surface area contributed by atoms with E-state index in [1.165, 1.54) is 4.90 Å². The van der Waals surface area contributed by atoms with Crippen molar-refractivity contribution in [3.8, 4) is 0 Å². The summed E-state index contributed by atoms with van der Waals surface area (Å²) in [5.74, 6) is -1.65. The minimum atomic E-state index is -0.804. The molecule has 0 saturated carbocycles. The number of Topliss-reactive ketones (excluding diaryl/α,β-unsaturated/α-hetero) is 1. The lowest BCUT2D eigenvalue weighted by Crippen LogP contribution is -2.30. The first-order valence-corrected chi connectivity index (χ1v) is 10.2. The number of hydrogen-bond donors (Lipinski definition) is 1. The van der Waals surface area contributed by atoms with Gasteiger partial charge in [0.05, 0.1) is 11.6 Å². The third kappa shape index (κ3) is 3.62. The molecular formula is C25H21ClN2O3.